The average Bonchev–Trinajstić information content (AvgIpc) is 3.10. The molecular weight excluding hydrogens is 288 g/mol. The molecule has 0 bridgehead atoms. The van der Waals surface area contributed by atoms with Crippen molar-refractivity contribution < 1.29 is 4.74 Å². The standard InChI is InChI=1S/C18H18N4O/c1-23-15-9-5-8-14(10-15)16-11-17(13-6-3-2-4-7-13)22-18(21-16)19-12-20-22/h2-10,12,16-17H,11H2,1H3,(H,19,20,21)/t16-,17+/m1/s1. The molecule has 4 rings (SSSR count). The SMILES string of the molecule is COc1cccc([C@H]2C[C@@H](c3ccccc3)n3ncnc3N2)c1. The molecule has 116 valence electrons. The molecule has 23 heavy (non-hydrogen) atoms. The summed E-state index contributed by atoms with van der Waals surface area (Å²) in [5, 5.41) is 7.87. The monoisotopic (exact) mass is 306 g/mol. The molecule has 5 heteroatoms. The van der Waals surface area contributed by atoms with Crippen LogP contribution in [0.1, 0.15) is 29.6 Å². The van der Waals surface area contributed by atoms with Crippen molar-refractivity contribution in [2.75, 3.05) is 12.4 Å². The number of methoxy groups -OCH3 is 1. The molecule has 0 saturated heterocycles. The van der Waals surface area contributed by atoms with E-state index in [4.69, 9.17) is 4.74 Å². The minimum atomic E-state index is 0.172. The van der Waals surface area contributed by atoms with Gasteiger partial charge in [0.15, 0.2) is 0 Å². The van der Waals surface area contributed by atoms with E-state index in [9.17, 15) is 0 Å². The van der Waals surface area contributed by atoms with Crippen LogP contribution in [0.4, 0.5) is 5.95 Å². The van der Waals surface area contributed by atoms with Crippen LogP contribution in [-0.4, -0.2) is 21.9 Å². The van der Waals surface area contributed by atoms with Crippen molar-refractivity contribution in [3.05, 3.63) is 72.1 Å². The average molecular weight is 306 g/mol. The van der Waals surface area contributed by atoms with Gasteiger partial charge in [-0.15, -0.1) is 0 Å². The zero-order valence-electron chi connectivity index (χ0n) is 12.9. The van der Waals surface area contributed by atoms with Gasteiger partial charge in [-0.1, -0.05) is 42.5 Å². The van der Waals surface area contributed by atoms with Crippen LogP contribution in [0.2, 0.25) is 0 Å². The van der Waals surface area contributed by atoms with Crippen LogP contribution in [-0.2, 0) is 0 Å². The third kappa shape index (κ3) is 2.54. The van der Waals surface area contributed by atoms with Crippen molar-refractivity contribution in [3.63, 3.8) is 0 Å². The van der Waals surface area contributed by atoms with Gasteiger partial charge < -0.3 is 10.1 Å². The molecule has 2 atom stereocenters. The van der Waals surface area contributed by atoms with Crippen LogP contribution < -0.4 is 10.1 Å². The van der Waals surface area contributed by atoms with Crippen molar-refractivity contribution in [1.29, 1.82) is 0 Å². The summed E-state index contributed by atoms with van der Waals surface area (Å²) in [6.07, 6.45) is 2.51. The Morgan fingerprint density at radius 3 is 2.74 bits per heavy atom. The summed E-state index contributed by atoms with van der Waals surface area (Å²) in [6.45, 7) is 0. The Balaban J connectivity index is 1.72. The normalized spacial score (nSPS) is 19.7. The summed E-state index contributed by atoms with van der Waals surface area (Å²) in [5.74, 6) is 1.67. The van der Waals surface area contributed by atoms with Crippen LogP contribution >= 0.6 is 0 Å². The summed E-state index contributed by atoms with van der Waals surface area (Å²) in [5.41, 5.74) is 2.44. The number of rotatable bonds is 3. The van der Waals surface area contributed by atoms with Crippen molar-refractivity contribution in [1.82, 2.24) is 14.8 Å². The molecular formula is C18H18N4O. The first-order chi connectivity index (χ1) is 11.3. The van der Waals surface area contributed by atoms with Crippen molar-refractivity contribution in [3.8, 4) is 5.75 Å². The van der Waals surface area contributed by atoms with Crippen molar-refractivity contribution in [2.45, 2.75) is 18.5 Å². The fraction of sp³-hybridized carbons (Fsp3) is 0.222. The topological polar surface area (TPSA) is 52.0 Å². The Morgan fingerprint density at radius 1 is 1.09 bits per heavy atom. The highest BCUT2D eigenvalue weighted by Gasteiger charge is 2.29. The predicted octanol–water partition coefficient (Wildman–Crippen LogP) is 3.43. The van der Waals surface area contributed by atoms with Gasteiger partial charge in [-0.25, -0.2) is 4.68 Å². The molecule has 2 aromatic carbocycles. The number of anilines is 1. The molecule has 0 amide bonds. The van der Waals surface area contributed by atoms with Gasteiger partial charge in [-0.2, -0.15) is 10.1 Å². The Bertz CT molecular complexity index is 800. The molecule has 0 fully saturated rings. The maximum Gasteiger partial charge on any atom is 0.222 e. The Morgan fingerprint density at radius 2 is 1.91 bits per heavy atom. The van der Waals surface area contributed by atoms with Gasteiger partial charge in [-0.3, -0.25) is 0 Å². The third-order valence-corrected chi connectivity index (χ3v) is 4.31. The number of hydrogen-bond acceptors (Lipinski definition) is 4. The number of benzene rings is 2. The van der Waals surface area contributed by atoms with Crippen LogP contribution in [0, 0.1) is 0 Å². The first kappa shape index (κ1) is 13.8. The van der Waals surface area contributed by atoms with Crippen LogP contribution in [0.3, 0.4) is 0 Å². The number of nitrogens with zero attached hydrogens (tertiary/aromatic N) is 3. The van der Waals surface area contributed by atoms with Gasteiger partial charge in [0.05, 0.1) is 19.2 Å². The lowest BCUT2D eigenvalue weighted by molar-refractivity contribution is 0.410. The Kier molecular flexibility index (Phi) is 3.46. The molecule has 1 aliphatic heterocycles. The highest BCUT2D eigenvalue weighted by molar-refractivity contribution is 5.40. The Labute approximate surface area is 134 Å². The summed E-state index contributed by atoms with van der Waals surface area (Å²) in [4.78, 5) is 4.36. The molecule has 0 saturated carbocycles. The minimum absolute atomic E-state index is 0.172. The van der Waals surface area contributed by atoms with E-state index in [1.54, 1.807) is 13.4 Å². The van der Waals surface area contributed by atoms with E-state index in [-0.39, 0.29) is 12.1 Å². The second-order valence-corrected chi connectivity index (χ2v) is 5.66. The number of aromatic nitrogens is 3. The molecule has 0 spiro atoms. The van der Waals surface area contributed by atoms with Gasteiger partial charge in [-0.05, 0) is 29.7 Å². The molecule has 1 aromatic heterocycles. The zero-order valence-corrected chi connectivity index (χ0v) is 12.9. The molecule has 1 aliphatic rings. The molecule has 0 aliphatic carbocycles. The smallest absolute Gasteiger partial charge is 0.222 e. The van der Waals surface area contributed by atoms with Gasteiger partial charge in [0.1, 0.15) is 12.1 Å². The molecule has 5 nitrogen and oxygen atoms in total. The van der Waals surface area contributed by atoms with E-state index in [1.165, 1.54) is 11.1 Å². The minimum Gasteiger partial charge on any atom is -0.497 e. The van der Waals surface area contributed by atoms with E-state index in [0.717, 1.165) is 18.1 Å². The summed E-state index contributed by atoms with van der Waals surface area (Å²) in [6, 6.07) is 19.0. The predicted molar refractivity (Wildman–Crippen MR) is 88.6 cm³/mol. The molecule has 3 aromatic rings. The van der Waals surface area contributed by atoms with Gasteiger partial charge >= 0.3 is 0 Å². The highest BCUT2D eigenvalue weighted by atomic mass is 16.5. The van der Waals surface area contributed by atoms with E-state index >= 15 is 0 Å². The molecule has 0 radical (unpaired) electrons. The zero-order chi connectivity index (χ0) is 15.6. The number of nitrogens with one attached hydrogen (secondary N) is 1. The van der Waals surface area contributed by atoms with E-state index in [0.29, 0.717) is 0 Å². The summed E-state index contributed by atoms with van der Waals surface area (Å²) < 4.78 is 7.31. The lowest BCUT2D eigenvalue weighted by Gasteiger charge is -2.31. The number of fused-ring (bicyclic) bond motifs is 1. The number of ether oxygens (including phenoxy) is 1. The second kappa shape index (κ2) is 5.76. The third-order valence-electron chi connectivity index (χ3n) is 4.31. The van der Waals surface area contributed by atoms with Gasteiger partial charge in [0, 0.05) is 0 Å². The van der Waals surface area contributed by atoms with Gasteiger partial charge in [0.25, 0.3) is 0 Å². The molecule has 1 N–H and O–H groups in total. The first-order valence-electron chi connectivity index (χ1n) is 7.70. The van der Waals surface area contributed by atoms with Crippen LogP contribution in [0.25, 0.3) is 0 Å². The van der Waals surface area contributed by atoms with Crippen molar-refractivity contribution >= 4 is 5.95 Å². The van der Waals surface area contributed by atoms with Crippen LogP contribution in [0.15, 0.2) is 60.9 Å². The largest absolute Gasteiger partial charge is 0.497 e. The second-order valence-electron chi connectivity index (χ2n) is 5.66. The quantitative estimate of drug-likeness (QED) is 0.805. The first-order valence-corrected chi connectivity index (χ1v) is 7.70. The van der Waals surface area contributed by atoms with E-state index in [1.807, 2.05) is 22.9 Å². The van der Waals surface area contributed by atoms with E-state index < -0.39 is 0 Å². The maximum absolute atomic E-state index is 5.35. The highest BCUT2D eigenvalue weighted by Crippen LogP contribution is 2.37. The lowest BCUT2D eigenvalue weighted by atomic mass is 9.93. The lowest BCUT2D eigenvalue weighted by Crippen LogP contribution is -2.28. The fourth-order valence-electron chi connectivity index (χ4n) is 3.15. The number of hydrogen-bond donors (Lipinski definition) is 1. The van der Waals surface area contributed by atoms with Gasteiger partial charge in [0.2, 0.25) is 5.95 Å². The van der Waals surface area contributed by atoms with Crippen molar-refractivity contribution in [2.24, 2.45) is 0 Å². The van der Waals surface area contributed by atoms with Crippen LogP contribution in [0.5, 0.6) is 5.75 Å². The fourth-order valence-corrected chi connectivity index (χ4v) is 3.15. The summed E-state index contributed by atoms with van der Waals surface area (Å²) in [7, 11) is 1.69. The maximum atomic E-state index is 5.35. The molecule has 0 unspecified atom stereocenters. The molecule has 2 heterocycles. The summed E-state index contributed by atoms with van der Waals surface area (Å²) >= 11 is 0. The van der Waals surface area contributed by atoms with E-state index in [2.05, 4.69) is 51.8 Å². The Hall–Kier alpha value is -2.82.